The summed E-state index contributed by atoms with van der Waals surface area (Å²) in [6.45, 7) is 2.95. The van der Waals surface area contributed by atoms with Crippen LogP contribution in [0.1, 0.15) is 30.5 Å². The summed E-state index contributed by atoms with van der Waals surface area (Å²) >= 11 is 19.7. The van der Waals surface area contributed by atoms with Gasteiger partial charge in [-0.25, -0.2) is 4.39 Å². The second kappa shape index (κ2) is 7.80. The third-order valence-electron chi connectivity index (χ3n) is 3.14. The number of rotatable bonds is 6. The van der Waals surface area contributed by atoms with Crippen molar-refractivity contribution < 1.29 is 4.39 Å². The highest BCUT2D eigenvalue weighted by molar-refractivity contribution is 7.20. The standard InChI is InChI=1S/C15H15Cl3FNS/c1-2-5-20-13(11-8-14(17)21-15(11)18)6-9-3-4-10(19)7-12(9)16/h3-4,7-8,13,20H,2,5-6H2,1H3. The monoisotopic (exact) mass is 365 g/mol. The summed E-state index contributed by atoms with van der Waals surface area (Å²) in [5.74, 6) is -0.335. The number of thiophene rings is 1. The molecule has 0 aliphatic rings. The second-order valence-electron chi connectivity index (χ2n) is 4.73. The molecule has 2 aromatic rings. The molecule has 1 aromatic heterocycles. The first-order valence-corrected chi connectivity index (χ1v) is 8.58. The van der Waals surface area contributed by atoms with E-state index in [1.54, 1.807) is 6.07 Å². The third kappa shape index (κ3) is 4.57. The summed E-state index contributed by atoms with van der Waals surface area (Å²) in [7, 11) is 0. The van der Waals surface area contributed by atoms with E-state index in [0.717, 1.165) is 24.1 Å². The molecule has 0 fully saturated rings. The van der Waals surface area contributed by atoms with Crippen LogP contribution in [0.2, 0.25) is 13.7 Å². The Morgan fingerprint density at radius 3 is 2.57 bits per heavy atom. The number of nitrogens with one attached hydrogen (secondary N) is 1. The molecule has 0 radical (unpaired) electrons. The largest absolute Gasteiger partial charge is 0.310 e. The van der Waals surface area contributed by atoms with Crippen LogP contribution < -0.4 is 5.32 Å². The fourth-order valence-corrected chi connectivity index (χ4v) is 3.93. The highest BCUT2D eigenvalue weighted by Crippen LogP contribution is 2.36. The van der Waals surface area contributed by atoms with E-state index in [2.05, 4.69) is 12.2 Å². The van der Waals surface area contributed by atoms with Gasteiger partial charge >= 0.3 is 0 Å². The molecule has 0 saturated heterocycles. The first-order valence-electron chi connectivity index (χ1n) is 6.63. The zero-order chi connectivity index (χ0) is 15.4. The summed E-state index contributed by atoms with van der Waals surface area (Å²) in [4.78, 5) is 0. The lowest BCUT2D eigenvalue weighted by molar-refractivity contribution is 0.530. The van der Waals surface area contributed by atoms with Crippen molar-refractivity contribution in [2.75, 3.05) is 6.54 Å². The predicted octanol–water partition coefficient (Wildman–Crippen LogP) is 6.13. The van der Waals surface area contributed by atoms with Crippen LogP contribution in [0.3, 0.4) is 0 Å². The molecule has 0 amide bonds. The Balaban J connectivity index is 2.26. The van der Waals surface area contributed by atoms with E-state index in [0.29, 0.717) is 20.1 Å². The first-order chi connectivity index (χ1) is 10.0. The molecule has 1 heterocycles. The number of hydrogen-bond acceptors (Lipinski definition) is 2. The highest BCUT2D eigenvalue weighted by Gasteiger charge is 2.19. The summed E-state index contributed by atoms with van der Waals surface area (Å²) in [5.41, 5.74) is 1.84. The van der Waals surface area contributed by atoms with Crippen molar-refractivity contribution in [1.82, 2.24) is 5.32 Å². The van der Waals surface area contributed by atoms with Gasteiger partial charge in [0.25, 0.3) is 0 Å². The van der Waals surface area contributed by atoms with Crippen LogP contribution in [0.25, 0.3) is 0 Å². The lowest BCUT2D eigenvalue weighted by Gasteiger charge is -2.19. The van der Waals surface area contributed by atoms with E-state index in [4.69, 9.17) is 34.8 Å². The van der Waals surface area contributed by atoms with Gasteiger partial charge in [0, 0.05) is 16.6 Å². The minimum atomic E-state index is -0.335. The Morgan fingerprint density at radius 2 is 2.00 bits per heavy atom. The molecular weight excluding hydrogens is 352 g/mol. The average Bonchev–Trinajstić information content (AvgIpc) is 2.76. The van der Waals surface area contributed by atoms with Gasteiger partial charge in [0.1, 0.15) is 5.82 Å². The minimum Gasteiger partial charge on any atom is -0.310 e. The first kappa shape index (κ1) is 17.0. The van der Waals surface area contributed by atoms with Crippen LogP contribution in [0.5, 0.6) is 0 Å². The SMILES string of the molecule is CCCNC(Cc1ccc(F)cc1Cl)c1cc(Cl)sc1Cl. The van der Waals surface area contributed by atoms with E-state index in [1.807, 2.05) is 6.07 Å². The predicted molar refractivity (Wildman–Crippen MR) is 90.5 cm³/mol. The maximum atomic E-state index is 13.1. The Kier molecular flexibility index (Phi) is 6.33. The highest BCUT2D eigenvalue weighted by atomic mass is 35.5. The van der Waals surface area contributed by atoms with Crippen molar-refractivity contribution >= 4 is 46.1 Å². The van der Waals surface area contributed by atoms with Gasteiger partial charge in [-0.05, 0) is 43.1 Å². The summed E-state index contributed by atoms with van der Waals surface area (Å²) in [5, 5.41) is 3.87. The van der Waals surface area contributed by atoms with Crippen LogP contribution >= 0.6 is 46.1 Å². The van der Waals surface area contributed by atoms with Crippen molar-refractivity contribution in [3.05, 3.63) is 54.9 Å². The van der Waals surface area contributed by atoms with E-state index in [1.165, 1.54) is 23.5 Å². The number of halogens is 4. The fraction of sp³-hybridized carbons (Fsp3) is 0.333. The average molecular weight is 367 g/mol. The number of hydrogen-bond donors (Lipinski definition) is 1. The van der Waals surface area contributed by atoms with Crippen molar-refractivity contribution in [3.63, 3.8) is 0 Å². The minimum absolute atomic E-state index is 0.00385. The molecule has 0 aliphatic carbocycles. The molecule has 0 saturated carbocycles. The van der Waals surface area contributed by atoms with Crippen molar-refractivity contribution in [3.8, 4) is 0 Å². The molecule has 6 heteroatoms. The molecule has 1 N–H and O–H groups in total. The normalized spacial score (nSPS) is 12.6. The van der Waals surface area contributed by atoms with Crippen LogP contribution in [0.4, 0.5) is 4.39 Å². The van der Waals surface area contributed by atoms with E-state index >= 15 is 0 Å². The van der Waals surface area contributed by atoms with E-state index in [9.17, 15) is 4.39 Å². The third-order valence-corrected chi connectivity index (χ3v) is 5.01. The molecule has 0 aliphatic heterocycles. The zero-order valence-electron chi connectivity index (χ0n) is 11.4. The van der Waals surface area contributed by atoms with Crippen LogP contribution in [-0.4, -0.2) is 6.54 Å². The van der Waals surface area contributed by atoms with Gasteiger partial charge < -0.3 is 5.32 Å². The van der Waals surface area contributed by atoms with Crippen molar-refractivity contribution in [1.29, 1.82) is 0 Å². The Morgan fingerprint density at radius 1 is 1.24 bits per heavy atom. The fourth-order valence-electron chi connectivity index (χ4n) is 2.11. The van der Waals surface area contributed by atoms with Crippen LogP contribution in [-0.2, 0) is 6.42 Å². The molecule has 0 bridgehead atoms. The topological polar surface area (TPSA) is 12.0 Å². The lowest BCUT2D eigenvalue weighted by atomic mass is 10.0. The molecule has 1 atom stereocenters. The summed E-state index contributed by atoms with van der Waals surface area (Å²) in [6, 6.07) is 6.33. The summed E-state index contributed by atoms with van der Waals surface area (Å²) < 4.78 is 14.5. The van der Waals surface area contributed by atoms with Crippen LogP contribution in [0.15, 0.2) is 24.3 Å². The van der Waals surface area contributed by atoms with Crippen molar-refractivity contribution in [2.24, 2.45) is 0 Å². The maximum absolute atomic E-state index is 13.1. The molecule has 1 nitrogen and oxygen atoms in total. The van der Waals surface area contributed by atoms with Gasteiger partial charge in [-0.2, -0.15) is 0 Å². The Hall–Kier alpha value is -0.320. The van der Waals surface area contributed by atoms with E-state index < -0.39 is 0 Å². The van der Waals surface area contributed by atoms with Gasteiger partial charge in [0.05, 0.1) is 8.67 Å². The van der Waals surface area contributed by atoms with Crippen LogP contribution in [0, 0.1) is 5.82 Å². The zero-order valence-corrected chi connectivity index (χ0v) is 14.5. The van der Waals surface area contributed by atoms with Gasteiger partial charge in [-0.3, -0.25) is 0 Å². The van der Waals surface area contributed by atoms with Gasteiger partial charge in [-0.15, -0.1) is 11.3 Å². The lowest BCUT2D eigenvalue weighted by Crippen LogP contribution is -2.24. The molecule has 1 unspecified atom stereocenters. The van der Waals surface area contributed by atoms with E-state index in [-0.39, 0.29) is 11.9 Å². The van der Waals surface area contributed by atoms with Gasteiger partial charge in [0.2, 0.25) is 0 Å². The molecule has 0 spiro atoms. The Bertz CT molecular complexity index is 615. The van der Waals surface area contributed by atoms with Gasteiger partial charge in [-0.1, -0.05) is 47.8 Å². The summed E-state index contributed by atoms with van der Waals surface area (Å²) in [6.07, 6.45) is 1.63. The Labute approximate surface area is 143 Å². The molecular formula is C15H15Cl3FNS. The second-order valence-corrected chi connectivity index (χ2v) is 7.42. The molecule has 2 rings (SSSR count). The molecule has 21 heavy (non-hydrogen) atoms. The van der Waals surface area contributed by atoms with Crippen molar-refractivity contribution in [2.45, 2.75) is 25.8 Å². The smallest absolute Gasteiger partial charge is 0.124 e. The molecule has 1 aromatic carbocycles. The number of benzene rings is 1. The molecule has 114 valence electrons. The van der Waals surface area contributed by atoms with Gasteiger partial charge in [0.15, 0.2) is 0 Å². The maximum Gasteiger partial charge on any atom is 0.124 e. The quantitative estimate of drug-likeness (QED) is 0.648.